The molecule has 0 unspecified atom stereocenters. The van der Waals surface area contributed by atoms with Crippen LogP contribution in [-0.4, -0.2) is 55.3 Å². The fourth-order valence-corrected chi connectivity index (χ4v) is 5.74. The highest BCUT2D eigenvalue weighted by Gasteiger charge is 2.42. The van der Waals surface area contributed by atoms with E-state index in [1.165, 1.54) is 5.06 Å². The van der Waals surface area contributed by atoms with Crippen molar-refractivity contribution >= 4 is 6.16 Å². The predicted octanol–water partition coefficient (Wildman–Crippen LogP) is 8.67. The van der Waals surface area contributed by atoms with Gasteiger partial charge in [-0.3, -0.25) is 0 Å². The van der Waals surface area contributed by atoms with E-state index in [0.29, 0.717) is 32.0 Å². The van der Waals surface area contributed by atoms with E-state index < -0.39 is 53.2 Å². The number of piperidine rings is 1. The monoisotopic (exact) mass is 725 g/mol. The number of carbonyl (C=O) groups excluding carboxylic acids is 1. The summed E-state index contributed by atoms with van der Waals surface area (Å²) in [6.07, 6.45) is -1.95. The van der Waals surface area contributed by atoms with Crippen molar-refractivity contribution < 1.29 is 50.9 Å². The normalized spacial score (nSPS) is 17.9. The van der Waals surface area contributed by atoms with Gasteiger partial charge in [0.05, 0.1) is 58.3 Å². The summed E-state index contributed by atoms with van der Waals surface area (Å²) in [5.41, 5.74) is 0.946. The van der Waals surface area contributed by atoms with Gasteiger partial charge in [-0.15, -0.1) is 5.06 Å². The zero-order valence-corrected chi connectivity index (χ0v) is 29.4. The molecule has 0 spiro atoms. The molecule has 0 aromatic heterocycles. The first kappa shape index (κ1) is 38.7. The Morgan fingerprint density at radius 1 is 0.731 bits per heavy atom. The minimum atomic E-state index is -0.970. The highest BCUT2D eigenvalue weighted by atomic mass is 19.1. The molecule has 12 heteroatoms. The average Bonchev–Trinajstić information content (AvgIpc) is 3.10. The molecule has 0 N–H and O–H groups in total. The summed E-state index contributed by atoms with van der Waals surface area (Å²) in [6, 6.07) is 23.2. The molecule has 1 saturated heterocycles. The Morgan fingerprint density at radius 3 is 1.87 bits per heavy atom. The van der Waals surface area contributed by atoms with Crippen LogP contribution in [0, 0.1) is 23.3 Å². The maximum absolute atomic E-state index is 14.6. The molecular formula is C40H43F4NO7. The summed E-state index contributed by atoms with van der Waals surface area (Å²) in [5, 5.41) is 1.29. The van der Waals surface area contributed by atoms with Crippen molar-refractivity contribution in [2.45, 2.75) is 70.7 Å². The molecular weight excluding hydrogens is 682 g/mol. The van der Waals surface area contributed by atoms with Crippen LogP contribution in [-0.2, 0) is 43.6 Å². The van der Waals surface area contributed by atoms with Crippen LogP contribution in [0.2, 0.25) is 0 Å². The van der Waals surface area contributed by atoms with Crippen LogP contribution in [0.15, 0.2) is 91.0 Å². The van der Waals surface area contributed by atoms with E-state index in [4.69, 9.17) is 28.5 Å². The minimum Gasteiger partial charge on any atom is -0.494 e. The topological polar surface area (TPSA) is 75.7 Å². The molecule has 0 saturated carbocycles. The van der Waals surface area contributed by atoms with E-state index in [9.17, 15) is 22.4 Å². The van der Waals surface area contributed by atoms with E-state index in [1.54, 1.807) is 32.9 Å². The summed E-state index contributed by atoms with van der Waals surface area (Å²) in [7, 11) is 0. The van der Waals surface area contributed by atoms with Gasteiger partial charge in [-0.1, -0.05) is 42.5 Å². The van der Waals surface area contributed by atoms with Crippen LogP contribution in [0.3, 0.4) is 0 Å². The second-order valence-corrected chi connectivity index (χ2v) is 13.4. The second-order valence-electron chi connectivity index (χ2n) is 13.4. The Labute approximate surface area is 301 Å². The van der Waals surface area contributed by atoms with Gasteiger partial charge >= 0.3 is 6.16 Å². The highest BCUT2D eigenvalue weighted by Crippen LogP contribution is 2.35. The maximum atomic E-state index is 14.6. The number of hydrogen-bond donors (Lipinski definition) is 0. The molecule has 0 bridgehead atoms. The first-order valence-corrected chi connectivity index (χ1v) is 17.0. The Morgan fingerprint density at radius 2 is 1.31 bits per heavy atom. The summed E-state index contributed by atoms with van der Waals surface area (Å²) in [4.78, 5) is 18.2. The van der Waals surface area contributed by atoms with Gasteiger partial charge in [-0.05, 0) is 80.4 Å². The van der Waals surface area contributed by atoms with Crippen LogP contribution >= 0.6 is 0 Å². The lowest BCUT2D eigenvalue weighted by Crippen LogP contribution is -2.53. The fourth-order valence-electron chi connectivity index (χ4n) is 5.74. The lowest BCUT2D eigenvalue weighted by molar-refractivity contribution is -0.209. The van der Waals surface area contributed by atoms with Gasteiger partial charge in [0.25, 0.3) is 0 Å². The summed E-state index contributed by atoms with van der Waals surface area (Å²) in [6.45, 7) is 5.88. The molecule has 1 heterocycles. The third-order valence-electron chi connectivity index (χ3n) is 8.16. The number of hydrogen-bond acceptors (Lipinski definition) is 8. The number of nitrogens with zero attached hydrogens (tertiary/aromatic N) is 1. The van der Waals surface area contributed by atoms with Gasteiger partial charge in [-0.2, -0.15) is 0 Å². The van der Waals surface area contributed by atoms with Gasteiger partial charge in [-0.25, -0.2) is 22.4 Å². The Balaban J connectivity index is 1.34. The van der Waals surface area contributed by atoms with E-state index in [-0.39, 0.29) is 37.4 Å². The van der Waals surface area contributed by atoms with Crippen molar-refractivity contribution in [3.05, 3.63) is 137 Å². The van der Waals surface area contributed by atoms with Crippen molar-refractivity contribution in [1.82, 2.24) is 5.06 Å². The molecule has 0 radical (unpaired) electrons. The van der Waals surface area contributed by atoms with Crippen molar-refractivity contribution in [2.24, 2.45) is 0 Å². The molecule has 0 amide bonds. The van der Waals surface area contributed by atoms with E-state index in [1.807, 2.05) is 42.5 Å². The molecule has 1 fully saturated rings. The van der Waals surface area contributed by atoms with Crippen LogP contribution in [0.25, 0.3) is 0 Å². The van der Waals surface area contributed by atoms with Crippen LogP contribution in [0.5, 0.6) is 5.75 Å². The third-order valence-corrected chi connectivity index (χ3v) is 8.16. The zero-order valence-electron chi connectivity index (χ0n) is 29.4. The molecule has 52 heavy (non-hydrogen) atoms. The zero-order chi connectivity index (χ0) is 37.1. The largest absolute Gasteiger partial charge is 0.528 e. The smallest absolute Gasteiger partial charge is 0.494 e. The molecule has 5 rings (SSSR count). The summed E-state index contributed by atoms with van der Waals surface area (Å²) < 4.78 is 86.8. The lowest BCUT2D eigenvalue weighted by atomic mass is 9.85. The molecule has 278 valence electrons. The van der Waals surface area contributed by atoms with Crippen molar-refractivity contribution in [3.63, 3.8) is 0 Å². The number of ether oxygens (including phenoxy) is 5. The van der Waals surface area contributed by atoms with Crippen LogP contribution in [0.4, 0.5) is 22.4 Å². The van der Waals surface area contributed by atoms with Crippen molar-refractivity contribution in [3.8, 4) is 5.75 Å². The first-order chi connectivity index (χ1) is 24.9. The lowest BCUT2D eigenvalue weighted by Gasteiger charge is -2.42. The van der Waals surface area contributed by atoms with Gasteiger partial charge < -0.3 is 28.5 Å². The average molecular weight is 726 g/mol. The van der Waals surface area contributed by atoms with Crippen LogP contribution in [0.1, 0.15) is 55.4 Å². The van der Waals surface area contributed by atoms with E-state index in [2.05, 4.69) is 0 Å². The van der Waals surface area contributed by atoms with Gasteiger partial charge in [0.1, 0.15) is 34.6 Å². The first-order valence-electron chi connectivity index (χ1n) is 17.0. The van der Waals surface area contributed by atoms with Gasteiger partial charge in [0.15, 0.2) is 0 Å². The number of halogens is 4. The molecule has 1 aliphatic rings. The van der Waals surface area contributed by atoms with Crippen LogP contribution < -0.4 is 4.74 Å². The predicted molar refractivity (Wildman–Crippen MR) is 184 cm³/mol. The molecule has 0 aliphatic carbocycles. The van der Waals surface area contributed by atoms with E-state index in [0.717, 1.165) is 47.5 Å². The standard InChI is InChI=1S/C40H43F4NO7/c1-40(2,3)51-39(46)52-45-22-36(49-25-29-20-31(41)12-16-34(29)43)38(37(23-45)50-26-30-21-32(42)13-17-35(30)44)28-10-14-33(15-11-28)48-19-7-18-47-24-27-8-5-4-6-9-27/h4-6,8-17,20-21,36-38H,7,18-19,22-26H2,1-3H3/t36-,37+,38-. The highest BCUT2D eigenvalue weighted by molar-refractivity contribution is 5.60. The number of hydroxylamine groups is 2. The number of rotatable bonds is 15. The number of benzene rings is 4. The van der Waals surface area contributed by atoms with E-state index >= 15 is 0 Å². The van der Waals surface area contributed by atoms with Crippen molar-refractivity contribution in [2.75, 3.05) is 26.3 Å². The molecule has 3 atom stereocenters. The SMILES string of the molecule is CC(C)(C)OC(=O)ON1C[C@H](OCc2cc(F)ccc2F)[C@H](c2ccc(OCCCOCc3ccccc3)cc2)[C@H](OCc2cc(F)ccc2F)C1. The fraction of sp³-hybridized carbons (Fsp3) is 0.375. The maximum Gasteiger partial charge on any atom is 0.528 e. The Bertz CT molecular complexity index is 1670. The molecule has 4 aromatic carbocycles. The Kier molecular flexibility index (Phi) is 13.6. The third kappa shape index (κ3) is 11.8. The van der Waals surface area contributed by atoms with Crippen molar-refractivity contribution in [1.29, 1.82) is 0 Å². The number of carbonyl (C=O) groups is 1. The van der Waals surface area contributed by atoms with Gasteiger partial charge in [0, 0.05) is 23.5 Å². The molecule has 1 aliphatic heterocycles. The molecule has 4 aromatic rings. The quantitative estimate of drug-likeness (QED) is 0.0685. The minimum absolute atomic E-state index is 0.00371. The Hall–Kier alpha value is -4.49. The van der Waals surface area contributed by atoms with Gasteiger partial charge in [0.2, 0.25) is 0 Å². The summed E-state index contributed by atoms with van der Waals surface area (Å²) >= 11 is 0. The molecule has 8 nitrogen and oxygen atoms in total. The summed E-state index contributed by atoms with van der Waals surface area (Å²) in [5.74, 6) is -2.56. The second kappa shape index (κ2) is 18.3.